The van der Waals surface area contributed by atoms with Crippen LogP contribution in [0.4, 0.5) is 5.69 Å². The monoisotopic (exact) mass is 440 g/mol. The van der Waals surface area contributed by atoms with E-state index in [0.717, 1.165) is 60.7 Å². The molecule has 1 aliphatic rings. The maximum absolute atomic E-state index is 6.31. The third kappa shape index (κ3) is 5.71. The fraction of sp³-hybridized carbons (Fsp3) is 0.615. The molecule has 0 saturated carbocycles. The second-order valence-corrected chi connectivity index (χ2v) is 8.83. The lowest BCUT2D eigenvalue weighted by Crippen LogP contribution is -2.27. The molecule has 1 aliphatic heterocycles. The molecule has 32 heavy (non-hydrogen) atoms. The lowest BCUT2D eigenvalue weighted by molar-refractivity contribution is 0.238. The lowest BCUT2D eigenvalue weighted by Gasteiger charge is -2.27. The number of rotatable bonds is 11. The van der Waals surface area contributed by atoms with Crippen LogP contribution >= 0.6 is 0 Å². The van der Waals surface area contributed by atoms with Crippen LogP contribution in [0, 0.1) is 20.8 Å². The Morgan fingerprint density at radius 1 is 1.00 bits per heavy atom. The molecule has 176 valence electrons. The first kappa shape index (κ1) is 24.3. The highest BCUT2D eigenvalue weighted by molar-refractivity contribution is 5.72. The minimum atomic E-state index is 0.636. The van der Waals surface area contributed by atoms with Crippen LogP contribution in [0.25, 0.3) is 11.4 Å². The maximum atomic E-state index is 6.31. The van der Waals surface area contributed by atoms with Gasteiger partial charge in [-0.2, -0.15) is 4.98 Å². The van der Waals surface area contributed by atoms with E-state index in [1.165, 1.54) is 31.5 Å². The van der Waals surface area contributed by atoms with Crippen molar-refractivity contribution < 1.29 is 9.47 Å². The van der Waals surface area contributed by atoms with Crippen molar-refractivity contribution >= 4 is 5.69 Å². The topological polar surface area (TPSA) is 50.7 Å². The maximum Gasteiger partial charge on any atom is 0.241 e. The zero-order chi connectivity index (χ0) is 23.1. The number of hydrogen-bond donors (Lipinski definition) is 0. The normalized spacial score (nSPS) is 14.1. The van der Waals surface area contributed by atoms with Gasteiger partial charge >= 0.3 is 0 Å². The summed E-state index contributed by atoms with van der Waals surface area (Å²) >= 11 is 0. The number of methoxy groups -OCH3 is 1. The van der Waals surface area contributed by atoms with Gasteiger partial charge in [-0.05, 0) is 76.7 Å². The molecule has 0 unspecified atom stereocenters. The molecule has 0 radical (unpaired) electrons. The molecule has 3 rings (SSSR count). The number of nitrogens with zero attached hydrogens (tertiary/aromatic N) is 4. The predicted molar refractivity (Wildman–Crippen MR) is 132 cm³/mol. The summed E-state index contributed by atoms with van der Waals surface area (Å²) in [7, 11) is 1.70. The molecule has 0 bridgehead atoms. The van der Waals surface area contributed by atoms with Gasteiger partial charge in [0.2, 0.25) is 5.88 Å². The van der Waals surface area contributed by atoms with Gasteiger partial charge in [-0.3, -0.25) is 4.90 Å². The van der Waals surface area contributed by atoms with Crippen LogP contribution in [0.1, 0.15) is 56.4 Å². The Morgan fingerprint density at radius 3 is 2.31 bits per heavy atom. The molecule has 0 aliphatic carbocycles. The molecule has 1 saturated heterocycles. The summed E-state index contributed by atoms with van der Waals surface area (Å²) < 4.78 is 12.1. The Kier molecular flexibility index (Phi) is 8.74. The van der Waals surface area contributed by atoms with E-state index in [9.17, 15) is 0 Å². The average Bonchev–Trinajstić information content (AvgIpc) is 3.26. The summed E-state index contributed by atoms with van der Waals surface area (Å²) in [5, 5.41) is 0. The van der Waals surface area contributed by atoms with Crippen LogP contribution in [-0.4, -0.2) is 61.3 Å². The molecule has 6 heteroatoms. The van der Waals surface area contributed by atoms with Crippen molar-refractivity contribution in [3.63, 3.8) is 0 Å². The molecule has 2 aromatic rings. The van der Waals surface area contributed by atoms with Crippen molar-refractivity contribution in [3.05, 3.63) is 29.0 Å². The van der Waals surface area contributed by atoms with Gasteiger partial charge in [0.25, 0.3) is 0 Å². The number of hydrogen-bond acceptors (Lipinski definition) is 6. The number of aromatic nitrogens is 2. The molecular weight excluding hydrogens is 400 g/mol. The van der Waals surface area contributed by atoms with Gasteiger partial charge in [0, 0.05) is 19.6 Å². The van der Waals surface area contributed by atoms with Gasteiger partial charge in [0.05, 0.1) is 18.4 Å². The van der Waals surface area contributed by atoms with E-state index in [1.807, 2.05) is 0 Å². The Bertz CT molecular complexity index is 888. The average molecular weight is 441 g/mol. The molecule has 1 aromatic carbocycles. The van der Waals surface area contributed by atoms with E-state index in [4.69, 9.17) is 19.4 Å². The van der Waals surface area contributed by atoms with E-state index >= 15 is 0 Å². The van der Waals surface area contributed by atoms with Crippen LogP contribution in [0.15, 0.2) is 12.1 Å². The largest absolute Gasteiger partial charge is 0.491 e. The second kappa shape index (κ2) is 11.5. The van der Waals surface area contributed by atoms with E-state index in [0.29, 0.717) is 18.3 Å². The summed E-state index contributed by atoms with van der Waals surface area (Å²) in [5.41, 5.74) is 5.20. The highest BCUT2D eigenvalue weighted by atomic mass is 16.5. The first-order valence-electron chi connectivity index (χ1n) is 12.1. The van der Waals surface area contributed by atoms with E-state index < -0.39 is 0 Å². The molecular formula is C26H40N4O2. The highest BCUT2D eigenvalue weighted by Crippen LogP contribution is 2.37. The molecule has 2 heterocycles. The Hall–Kier alpha value is -2.34. The van der Waals surface area contributed by atoms with Crippen LogP contribution < -0.4 is 14.4 Å². The van der Waals surface area contributed by atoms with Gasteiger partial charge in [-0.1, -0.05) is 19.9 Å². The van der Waals surface area contributed by atoms with Crippen molar-refractivity contribution in [3.8, 4) is 23.0 Å². The van der Waals surface area contributed by atoms with E-state index in [-0.39, 0.29) is 0 Å². The molecule has 0 atom stereocenters. The Morgan fingerprint density at radius 2 is 1.69 bits per heavy atom. The summed E-state index contributed by atoms with van der Waals surface area (Å²) in [6.45, 7) is 16.6. The standard InChI is InChI=1S/C26H40N4O2/c1-7-11-30(12-8-2)24-21(5)27-25(28-26(24)31-6)23-20(4)17-19(3)18-22(23)32-16-15-29-13-9-10-14-29/h17-18H,7-16H2,1-6H3. The predicted octanol–water partition coefficient (Wildman–Crippen LogP) is 5.18. The summed E-state index contributed by atoms with van der Waals surface area (Å²) in [5.74, 6) is 2.16. The fourth-order valence-corrected chi connectivity index (χ4v) is 4.65. The number of ether oxygens (including phenoxy) is 2. The van der Waals surface area contributed by atoms with Crippen LogP contribution in [-0.2, 0) is 0 Å². The fourth-order valence-electron chi connectivity index (χ4n) is 4.65. The third-order valence-electron chi connectivity index (χ3n) is 6.05. The van der Waals surface area contributed by atoms with Gasteiger partial charge in [0.1, 0.15) is 18.0 Å². The second-order valence-electron chi connectivity index (χ2n) is 8.83. The minimum absolute atomic E-state index is 0.636. The molecule has 1 aromatic heterocycles. The van der Waals surface area contributed by atoms with Crippen molar-refractivity contribution in [2.75, 3.05) is 51.3 Å². The highest BCUT2D eigenvalue weighted by Gasteiger charge is 2.22. The van der Waals surface area contributed by atoms with E-state index in [1.54, 1.807) is 7.11 Å². The molecule has 0 N–H and O–H groups in total. The van der Waals surface area contributed by atoms with Crippen molar-refractivity contribution in [2.45, 2.75) is 60.3 Å². The molecule has 6 nitrogen and oxygen atoms in total. The SMILES string of the molecule is CCCN(CCC)c1c(C)nc(-c2c(C)cc(C)cc2OCCN2CCCC2)nc1OC. The van der Waals surface area contributed by atoms with Gasteiger partial charge in [0.15, 0.2) is 5.82 Å². The summed E-state index contributed by atoms with van der Waals surface area (Å²) in [6.07, 6.45) is 4.72. The number of anilines is 1. The van der Waals surface area contributed by atoms with Crippen molar-refractivity contribution in [1.29, 1.82) is 0 Å². The quantitative estimate of drug-likeness (QED) is 0.480. The third-order valence-corrected chi connectivity index (χ3v) is 6.05. The first-order chi connectivity index (χ1) is 15.5. The van der Waals surface area contributed by atoms with E-state index in [2.05, 4.69) is 56.6 Å². The van der Waals surface area contributed by atoms with Crippen molar-refractivity contribution in [1.82, 2.24) is 14.9 Å². The summed E-state index contributed by atoms with van der Waals surface area (Å²) in [6, 6.07) is 4.27. The molecule has 1 fully saturated rings. The zero-order valence-corrected chi connectivity index (χ0v) is 20.8. The van der Waals surface area contributed by atoms with Crippen LogP contribution in [0.2, 0.25) is 0 Å². The number of benzene rings is 1. The number of likely N-dealkylation sites (tertiary alicyclic amines) is 1. The zero-order valence-electron chi connectivity index (χ0n) is 20.8. The minimum Gasteiger partial charge on any atom is -0.491 e. The van der Waals surface area contributed by atoms with Gasteiger partial charge in [-0.25, -0.2) is 4.98 Å². The van der Waals surface area contributed by atoms with Crippen LogP contribution in [0.3, 0.4) is 0 Å². The number of aryl methyl sites for hydroxylation is 3. The molecule has 0 amide bonds. The van der Waals surface area contributed by atoms with Crippen molar-refractivity contribution in [2.24, 2.45) is 0 Å². The van der Waals surface area contributed by atoms with Gasteiger partial charge in [-0.15, -0.1) is 0 Å². The summed E-state index contributed by atoms with van der Waals surface area (Å²) in [4.78, 5) is 14.6. The van der Waals surface area contributed by atoms with Crippen LogP contribution in [0.5, 0.6) is 11.6 Å². The van der Waals surface area contributed by atoms with Gasteiger partial charge < -0.3 is 14.4 Å². The Balaban J connectivity index is 1.96. The molecule has 0 spiro atoms. The lowest BCUT2D eigenvalue weighted by atomic mass is 10.0. The Labute approximate surface area is 194 Å². The smallest absolute Gasteiger partial charge is 0.241 e. The first-order valence-corrected chi connectivity index (χ1v) is 12.1.